The fourth-order valence-electron chi connectivity index (χ4n) is 1.12. The van der Waals surface area contributed by atoms with Crippen molar-refractivity contribution in [3.8, 4) is 0 Å². The Kier molecular flexibility index (Phi) is 7.77. The monoisotopic (exact) mass is 219 g/mol. The molecule has 0 unspecified atom stereocenters. The molecule has 0 spiro atoms. The van der Waals surface area contributed by atoms with Crippen LogP contribution in [0.25, 0.3) is 0 Å². The first-order valence-corrected chi connectivity index (χ1v) is 5.40. The van der Waals surface area contributed by atoms with Crippen molar-refractivity contribution in [3.05, 3.63) is 0 Å². The fraction of sp³-hybridized carbons (Fsp3) is 1.00. The van der Waals surface area contributed by atoms with Gasteiger partial charge in [-0.05, 0) is 0 Å². The van der Waals surface area contributed by atoms with Gasteiger partial charge in [0.2, 0.25) is 0 Å². The minimum Gasteiger partial charge on any atom is -0.382 e. The smallest absolute Gasteiger partial charge is 0.0824 e. The van der Waals surface area contributed by atoms with Crippen LogP contribution in [0.3, 0.4) is 0 Å². The minimum absolute atomic E-state index is 0.395. The number of nitrogens with one attached hydrogen (secondary N) is 1. The Balaban J connectivity index is 1.66. The van der Waals surface area contributed by atoms with Crippen molar-refractivity contribution >= 4 is 0 Å². The Morgan fingerprint density at radius 2 is 1.53 bits per heavy atom. The highest BCUT2D eigenvalue weighted by Crippen LogP contribution is 1.96. The molecule has 0 aromatic heterocycles. The van der Waals surface area contributed by atoms with E-state index in [1.165, 1.54) is 0 Å². The van der Waals surface area contributed by atoms with Crippen LogP contribution in [0.2, 0.25) is 0 Å². The molecule has 0 aromatic rings. The molecule has 0 bridgehead atoms. The van der Waals surface area contributed by atoms with E-state index < -0.39 is 0 Å². The molecule has 1 heterocycles. The molecule has 0 aromatic carbocycles. The highest BCUT2D eigenvalue weighted by molar-refractivity contribution is 4.74. The maximum absolute atomic E-state index is 5.47. The van der Waals surface area contributed by atoms with Gasteiger partial charge in [-0.3, -0.25) is 0 Å². The second-order valence-corrected chi connectivity index (χ2v) is 3.37. The van der Waals surface area contributed by atoms with Gasteiger partial charge in [-0.1, -0.05) is 0 Å². The molecule has 0 aliphatic carbocycles. The zero-order chi connectivity index (χ0) is 10.8. The molecule has 5 heteroatoms. The lowest BCUT2D eigenvalue weighted by Gasteiger charge is -2.26. The zero-order valence-corrected chi connectivity index (χ0v) is 9.37. The van der Waals surface area contributed by atoms with Gasteiger partial charge in [0, 0.05) is 20.2 Å². The van der Waals surface area contributed by atoms with E-state index in [0.717, 1.165) is 13.1 Å². The van der Waals surface area contributed by atoms with Crippen molar-refractivity contribution in [1.82, 2.24) is 5.32 Å². The van der Waals surface area contributed by atoms with Gasteiger partial charge in [0.1, 0.15) is 0 Å². The van der Waals surface area contributed by atoms with E-state index >= 15 is 0 Å². The Morgan fingerprint density at radius 1 is 0.933 bits per heavy atom. The van der Waals surface area contributed by atoms with E-state index in [1.54, 1.807) is 7.11 Å². The van der Waals surface area contributed by atoms with Crippen LogP contribution in [-0.4, -0.2) is 65.9 Å². The molecular weight excluding hydrogens is 198 g/mol. The van der Waals surface area contributed by atoms with Crippen molar-refractivity contribution in [2.24, 2.45) is 0 Å². The number of hydrogen-bond acceptors (Lipinski definition) is 5. The summed E-state index contributed by atoms with van der Waals surface area (Å²) in [5.41, 5.74) is 0. The number of rotatable bonds is 10. The van der Waals surface area contributed by atoms with E-state index in [2.05, 4.69) is 5.32 Å². The van der Waals surface area contributed by atoms with Crippen molar-refractivity contribution < 1.29 is 18.9 Å². The van der Waals surface area contributed by atoms with Gasteiger partial charge in [0.25, 0.3) is 0 Å². The van der Waals surface area contributed by atoms with Crippen LogP contribution in [0.15, 0.2) is 0 Å². The van der Waals surface area contributed by atoms with Crippen LogP contribution >= 0.6 is 0 Å². The zero-order valence-electron chi connectivity index (χ0n) is 9.37. The van der Waals surface area contributed by atoms with Gasteiger partial charge in [-0.25, -0.2) is 0 Å². The summed E-state index contributed by atoms with van der Waals surface area (Å²) in [6.07, 6.45) is 0.395. The highest BCUT2D eigenvalue weighted by Gasteiger charge is 2.15. The van der Waals surface area contributed by atoms with Crippen molar-refractivity contribution in [3.63, 3.8) is 0 Å². The van der Waals surface area contributed by atoms with E-state index in [-0.39, 0.29) is 0 Å². The number of hydrogen-bond donors (Lipinski definition) is 1. The first kappa shape index (κ1) is 12.9. The highest BCUT2D eigenvalue weighted by atomic mass is 16.6. The molecule has 0 radical (unpaired) electrons. The van der Waals surface area contributed by atoms with Crippen LogP contribution in [-0.2, 0) is 18.9 Å². The van der Waals surface area contributed by atoms with Crippen molar-refractivity contribution in [2.45, 2.75) is 6.10 Å². The standard InChI is InChI=1S/C10H21NO4/c1-12-2-3-13-4-5-14-6-7-15-10-8-11-9-10/h10-11H,2-9H2,1H3. The molecular formula is C10H21NO4. The summed E-state index contributed by atoms with van der Waals surface area (Å²) in [5.74, 6) is 0. The average molecular weight is 219 g/mol. The van der Waals surface area contributed by atoms with Gasteiger partial charge in [0.15, 0.2) is 0 Å². The van der Waals surface area contributed by atoms with Crippen LogP contribution in [0, 0.1) is 0 Å². The molecule has 1 fully saturated rings. The summed E-state index contributed by atoms with van der Waals surface area (Å²) >= 11 is 0. The maximum atomic E-state index is 5.47. The summed E-state index contributed by atoms with van der Waals surface area (Å²) in [7, 11) is 1.66. The van der Waals surface area contributed by atoms with Crippen LogP contribution in [0.5, 0.6) is 0 Å². The molecule has 5 nitrogen and oxygen atoms in total. The summed E-state index contributed by atoms with van der Waals surface area (Å²) < 4.78 is 20.9. The molecule has 1 aliphatic rings. The molecule has 1 saturated heterocycles. The molecule has 0 saturated carbocycles. The Hall–Kier alpha value is -0.200. The Labute approximate surface area is 91.0 Å². The van der Waals surface area contributed by atoms with E-state index in [1.807, 2.05) is 0 Å². The maximum Gasteiger partial charge on any atom is 0.0824 e. The van der Waals surface area contributed by atoms with Gasteiger partial charge < -0.3 is 24.3 Å². The third-order valence-electron chi connectivity index (χ3n) is 2.13. The Morgan fingerprint density at radius 3 is 2.07 bits per heavy atom. The third-order valence-corrected chi connectivity index (χ3v) is 2.13. The number of methoxy groups -OCH3 is 1. The molecule has 15 heavy (non-hydrogen) atoms. The molecule has 90 valence electrons. The molecule has 1 aliphatic heterocycles. The molecule has 0 atom stereocenters. The van der Waals surface area contributed by atoms with Crippen LogP contribution in [0.1, 0.15) is 0 Å². The quantitative estimate of drug-likeness (QED) is 0.509. The minimum atomic E-state index is 0.395. The van der Waals surface area contributed by atoms with Gasteiger partial charge in [-0.15, -0.1) is 0 Å². The SMILES string of the molecule is COCCOCCOCCOC1CNC1. The van der Waals surface area contributed by atoms with E-state index in [9.17, 15) is 0 Å². The Bertz CT molecular complexity index is 141. The largest absolute Gasteiger partial charge is 0.382 e. The lowest BCUT2D eigenvalue weighted by atomic mass is 10.2. The summed E-state index contributed by atoms with van der Waals surface area (Å²) in [4.78, 5) is 0. The second kappa shape index (κ2) is 9.06. The molecule has 1 rings (SSSR count). The van der Waals surface area contributed by atoms with Gasteiger partial charge >= 0.3 is 0 Å². The lowest BCUT2D eigenvalue weighted by Crippen LogP contribution is -2.48. The van der Waals surface area contributed by atoms with E-state index in [4.69, 9.17) is 18.9 Å². The van der Waals surface area contributed by atoms with Crippen LogP contribution < -0.4 is 5.32 Å². The van der Waals surface area contributed by atoms with Crippen LogP contribution in [0.4, 0.5) is 0 Å². The fourth-order valence-corrected chi connectivity index (χ4v) is 1.12. The second-order valence-electron chi connectivity index (χ2n) is 3.37. The number of ether oxygens (including phenoxy) is 4. The molecule has 1 N–H and O–H groups in total. The van der Waals surface area contributed by atoms with E-state index in [0.29, 0.717) is 45.7 Å². The van der Waals surface area contributed by atoms with Gasteiger partial charge in [0.05, 0.1) is 45.7 Å². The average Bonchev–Trinajstić information content (AvgIpc) is 2.18. The summed E-state index contributed by atoms with van der Waals surface area (Å²) in [6, 6.07) is 0. The van der Waals surface area contributed by atoms with Crippen molar-refractivity contribution in [1.29, 1.82) is 0 Å². The topological polar surface area (TPSA) is 49.0 Å². The summed E-state index contributed by atoms with van der Waals surface area (Å²) in [5, 5.41) is 3.14. The predicted octanol–water partition coefficient (Wildman–Crippen LogP) is -0.346. The van der Waals surface area contributed by atoms with Gasteiger partial charge in [-0.2, -0.15) is 0 Å². The molecule has 0 amide bonds. The van der Waals surface area contributed by atoms with Crippen molar-refractivity contribution in [2.75, 3.05) is 59.8 Å². The lowest BCUT2D eigenvalue weighted by molar-refractivity contribution is -0.0297. The predicted molar refractivity (Wildman–Crippen MR) is 56.1 cm³/mol. The first-order chi connectivity index (χ1) is 7.43. The third kappa shape index (κ3) is 6.81. The normalized spacial score (nSPS) is 16.6. The summed E-state index contributed by atoms with van der Waals surface area (Å²) in [6.45, 7) is 5.76. The first-order valence-electron chi connectivity index (χ1n) is 5.40.